The minimum absolute atomic E-state index is 0.508. The number of nitrogens with zero attached hydrogens (tertiary/aromatic N) is 2. The molecule has 0 aliphatic carbocycles. The second kappa shape index (κ2) is 11.5. The molecule has 0 aromatic rings. The molecule has 0 N–H and O–H groups in total. The van der Waals surface area contributed by atoms with Crippen molar-refractivity contribution in [2.45, 2.75) is 64.9 Å². The zero-order valence-electron chi connectivity index (χ0n) is 14.1. The molecule has 3 heteroatoms. The van der Waals surface area contributed by atoms with Crippen LogP contribution in [0.1, 0.15) is 58.8 Å². The van der Waals surface area contributed by atoms with Crippen molar-refractivity contribution in [1.82, 2.24) is 9.80 Å². The van der Waals surface area contributed by atoms with E-state index in [1.54, 1.807) is 0 Å². The summed E-state index contributed by atoms with van der Waals surface area (Å²) in [6.07, 6.45) is 9.61. The second-order valence-corrected chi connectivity index (χ2v) is 6.28. The van der Waals surface area contributed by atoms with E-state index < -0.39 is 0 Å². The zero-order valence-corrected chi connectivity index (χ0v) is 14.1. The van der Waals surface area contributed by atoms with Crippen LogP contribution in [0.3, 0.4) is 0 Å². The second-order valence-electron chi connectivity index (χ2n) is 6.28. The molecule has 1 fully saturated rings. The first-order valence-corrected chi connectivity index (χ1v) is 8.78. The Hall–Kier alpha value is -0.120. The van der Waals surface area contributed by atoms with Crippen LogP contribution in [0.4, 0.5) is 0 Å². The highest BCUT2D eigenvalue weighted by Crippen LogP contribution is 2.13. The highest BCUT2D eigenvalue weighted by molar-refractivity contribution is 4.69. The Morgan fingerprint density at radius 3 is 2.20 bits per heavy atom. The van der Waals surface area contributed by atoms with E-state index in [2.05, 4.69) is 30.7 Å². The topological polar surface area (TPSA) is 15.7 Å². The standard InChI is InChI=1S/C17H36N2O/c1-4-6-8-10-17(9-7-5-2)20-16-15-19-13-11-18(3)12-14-19/h17H,4-16H2,1-3H3. The van der Waals surface area contributed by atoms with Gasteiger partial charge in [-0.1, -0.05) is 46.0 Å². The van der Waals surface area contributed by atoms with Crippen LogP contribution >= 0.6 is 0 Å². The van der Waals surface area contributed by atoms with E-state index in [1.165, 1.54) is 71.1 Å². The van der Waals surface area contributed by atoms with Crippen LogP contribution in [0.15, 0.2) is 0 Å². The molecule has 1 aliphatic rings. The van der Waals surface area contributed by atoms with Crippen molar-refractivity contribution in [2.75, 3.05) is 46.4 Å². The van der Waals surface area contributed by atoms with Gasteiger partial charge in [0.05, 0.1) is 12.7 Å². The predicted molar refractivity (Wildman–Crippen MR) is 87.3 cm³/mol. The molecule has 20 heavy (non-hydrogen) atoms. The molecule has 1 saturated heterocycles. The quantitative estimate of drug-likeness (QED) is 0.541. The SMILES string of the molecule is CCCCCC(CCCC)OCCN1CCN(C)CC1. The van der Waals surface area contributed by atoms with Gasteiger partial charge in [-0.2, -0.15) is 0 Å². The predicted octanol–water partition coefficient (Wildman–Crippen LogP) is 3.39. The average molecular weight is 284 g/mol. The Labute approximate surface area is 126 Å². The highest BCUT2D eigenvalue weighted by Gasteiger charge is 2.14. The Bertz CT molecular complexity index is 215. The first-order chi connectivity index (χ1) is 9.76. The molecule has 1 rings (SSSR count). The first kappa shape index (κ1) is 17.9. The summed E-state index contributed by atoms with van der Waals surface area (Å²) in [7, 11) is 2.21. The molecule has 1 atom stereocenters. The van der Waals surface area contributed by atoms with Crippen LogP contribution in [0.25, 0.3) is 0 Å². The fourth-order valence-corrected chi connectivity index (χ4v) is 2.78. The van der Waals surface area contributed by atoms with Gasteiger partial charge < -0.3 is 9.64 Å². The number of piperazine rings is 1. The van der Waals surface area contributed by atoms with Crippen LogP contribution in [-0.4, -0.2) is 62.3 Å². The van der Waals surface area contributed by atoms with Crippen molar-refractivity contribution in [3.8, 4) is 0 Å². The van der Waals surface area contributed by atoms with E-state index in [4.69, 9.17) is 4.74 Å². The monoisotopic (exact) mass is 284 g/mol. The van der Waals surface area contributed by atoms with Gasteiger partial charge in [-0.05, 0) is 19.9 Å². The van der Waals surface area contributed by atoms with E-state index in [1.807, 2.05) is 0 Å². The number of unbranched alkanes of at least 4 members (excludes halogenated alkanes) is 3. The third kappa shape index (κ3) is 8.23. The zero-order chi connectivity index (χ0) is 14.6. The van der Waals surface area contributed by atoms with Crippen LogP contribution in [-0.2, 0) is 4.74 Å². The van der Waals surface area contributed by atoms with Crippen molar-refractivity contribution in [2.24, 2.45) is 0 Å². The molecule has 0 aromatic carbocycles. The van der Waals surface area contributed by atoms with Gasteiger partial charge in [-0.3, -0.25) is 4.90 Å². The van der Waals surface area contributed by atoms with Crippen LogP contribution in [0, 0.1) is 0 Å². The first-order valence-electron chi connectivity index (χ1n) is 8.78. The number of hydrogen-bond donors (Lipinski definition) is 0. The van der Waals surface area contributed by atoms with Crippen LogP contribution < -0.4 is 0 Å². The van der Waals surface area contributed by atoms with Crippen molar-refractivity contribution >= 4 is 0 Å². The highest BCUT2D eigenvalue weighted by atomic mass is 16.5. The van der Waals surface area contributed by atoms with Gasteiger partial charge in [0.15, 0.2) is 0 Å². The molecule has 1 aliphatic heterocycles. The largest absolute Gasteiger partial charge is 0.377 e. The van der Waals surface area contributed by atoms with E-state index in [9.17, 15) is 0 Å². The summed E-state index contributed by atoms with van der Waals surface area (Å²) in [6.45, 7) is 11.4. The van der Waals surface area contributed by atoms with Crippen molar-refractivity contribution in [3.63, 3.8) is 0 Å². The summed E-state index contributed by atoms with van der Waals surface area (Å²) >= 11 is 0. The van der Waals surface area contributed by atoms with Gasteiger partial charge >= 0.3 is 0 Å². The molecular weight excluding hydrogens is 248 g/mol. The maximum Gasteiger partial charge on any atom is 0.0597 e. The molecule has 0 spiro atoms. The van der Waals surface area contributed by atoms with E-state index in [-0.39, 0.29) is 0 Å². The Balaban J connectivity index is 2.12. The molecular formula is C17H36N2O. The van der Waals surface area contributed by atoms with Gasteiger partial charge in [0, 0.05) is 32.7 Å². The fraction of sp³-hybridized carbons (Fsp3) is 1.00. The van der Waals surface area contributed by atoms with Crippen molar-refractivity contribution in [3.05, 3.63) is 0 Å². The van der Waals surface area contributed by atoms with E-state index in [0.717, 1.165) is 13.2 Å². The summed E-state index contributed by atoms with van der Waals surface area (Å²) < 4.78 is 6.17. The Morgan fingerprint density at radius 1 is 0.900 bits per heavy atom. The Kier molecular flexibility index (Phi) is 10.3. The molecule has 1 heterocycles. The maximum atomic E-state index is 6.17. The van der Waals surface area contributed by atoms with Gasteiger partial charge in [-0.15, -0.1) is 0 Å². The number of likely N-dealkylation sites (N-methyl/N-ethyl adjacent to an activating group) is 1. The van der Waals surface area contributed by atoms with Crippen molar-refractivity contribution in [1.29, 1.82) is 0 Å². The number of hydrogen-bond acceptors (Lipinski definition) is 3. The van der Waals surface area contributed by atoms with E-state index >= 15 is 0 Å². The lowest BCUT2D eigenvalue weighted by molar-refractivity contribution is 0.0184. The molecule has 3 nitrogen and oxygen atoms in total. The normalized spacial score (nSPS) is 19.4. The van der Waals surface area contributed by atoms with Crippen LogP contribution in [0.2, 0.25) is 0 Å². The van der Waals surface area contributed by atoms with Crippen LogP contribution in [0.5, 0.6) is 0 Å². The summed E-state index contributed by atoms with van der Waals surface area (Å²) in [6, 6.07) is 0. The van der Waals surface area contributed by atoms with Crippen molar-refractivity contribution < 1.29 is 4.74 Å². The maximum absolute atomic E-state index is 6.17. The van der Waals surface area contributed by atoms with Gasteiger partial charge in [0.2, 0.25) is 0 Å². The van der Waals surface area contributed by atoms with Gasteiger partial charge in [-0.25, -0.2) is 0 Å². The lowest BCUT2D eigenvalue weighted by Gasteiger charge is -2.32. The lowest BCUT2D eigenvalue weighted by Crippen LogP contribution is -2.45. The minimum Gasteiger partial charge on any atom is -0.377 e. The third-order valence-electron chi connectivity index (χ3n) is 4.37. The van der Waals surface area contributed by atoms with Gasteiger partial charge in [0.1, 0.15) is 0 Å². The summed E-state index contributed by atoms with van der Waals surface area (Å²) in [4.78, 5) is 4.95. The average Bonchev–Trinajstić information content (AvgIpc) is 2.46. The minimum atomic E-state index is 0.508. The fourth-order valence-electron chi connectivity index (χ4n) is 2.78. The lowest BCUT2D eigenvalue weighted by atomic mass is 10.1. The molecule has 1 unspecified atom stereocenters. The smallest absolute Gasteiger partial charge is 0.0597 e. The molecule has 120 valence electrons. The summed E-state index contributed by atoms with van der Waals surface area (Å²) in [5.41, 5.74) is 0. The third-order valence-corrected chi connectivity index (χ3v) is 4.37. The molecule has 0 radical (unpaired) electrons. The Morgan fingerprint density at radius 2 is 1.55 bits per heavy atom. The van der Waals surface area contributed by atoms with E-state index in [0.29, 0.717) is 6.10 Å². The number of ether oxygens (including phenoxy) is 1. The number of rotatable bonds is 11. The molecule has 0 aromatic heterocycles. The summed E-state index contributed by atoms with van der Waals surface area (Å²) in [5.74, 6) is 0. The summed E-state index contributed by atoms with van der Waals surface area (Å²) in [5, 5.41) is 0. The van der Waals surface area contributed by atoms with Gasteiger partial charge in [0.25, 0.3) is 0 Å². The molecule has 0 amide bonds. The molecule has 0 bridgehead atoms. The molecule has 0 saturated carbocycles.